The summed E-state index contributed by atoms with van der Waals surface area (Å²) in [5.74, 6) is -1.57. The molecule has 2 rings (SSSR count). The van der Waals surface area contributed by atoms with E-state index in [4.69, 9.17) is 5.11 Å². The molecule has 19 heavy (non-hydrogen) atoms. The molecule has 6 heteroatoms. The number of carboxylic acids is 1. The molecule has 0 spiro atoms. The van der Waals surface area contributed by atoms with Gasteiger partial charge in [-0.15, -0.1) is 0 Å². The SMILES string of the molecule is CC1C[C@H](C(=O)Nc2ncccc2Br)[C@H](C(=O)O)C1. The van der Waals surface area contributed by atoms with Crippen LogP contribution in [0.25, 0.3) is 0 Å². The fourth-order valence-corrected chi connectivity index (χ4v) is 2.90. The van der Waals surface area contributed by atoms with Crippen molar-refractivity contribution in [1.82, 2.24) is 4.98 Å². The Labute approximate surface area is 119 Å². The van der Waals surface area contributed by atoms with Crippen LogP contribution in [0.5, 0.6) is 0 Å². The Balaban J connectivity index is 2.11. The number of nitrogens with zero attached hydrogens (tertiary/aromatic N) is 1. The van der Waals surface area contributed by atoms with Gasteiger partial charge in [0, 0.05) is 6.20 Å². The average molecular weight is 327 g/mol. The lowest BCUT2D eigenvalue weighted by molar-refractivity contribution is -0.145. The van der Waals surface area contributed by atoms with E-state index >= 15 is 0 Å². The first-order valence-electron chi connectivity index (χ1n) is 6.13. The Morgan fingerprint density at radius 1 is 1.42 bits per heavy atom. The smallest absolute Gasteiger partial charge is 0.307 e. The maximum Gasteiger partial charge on any atom is 0.307 e. The van der Waals surface area contributed by atoms with E-state index < -0.39 is 17.8 Å². The lowest BCUT2D eigenvalue weighted by Gasteiger charge is -2.15. The van der Waals surface area contributed by atoms with Crippen molar-refractivity contribution in [2.24, 2.45) is 17.8 Å². The van der Waals surface area contributed by atoms with Crippen LogP contribution in [0.1, 0.15) is 19.8 Å². The van der Waals surface area contributed by atoms with Gasteiger partial charge in [-0.1, -0.05) is 6.92 Å². The Morgan fingerprint density at radius 2 is 2.11 bits per heavy atom. The Morgan fingerprint density at radius 3 is 2.74 bits per heavy atom. The van der Waals surface area contributed by atoms with Crippen molar-refractivity contribution in [2.75, 3.05) is 5.32 Å². The van der Waals surface area contributed by atoms with E-state index in [9.17, 15) is 9.59 Å². The quantitative estimate of drug-likeness (QED) is 0.894. The summed E-state index contributed by atoms with van der Waals surface area (Å²) < 4.78 is 0.682. The summed E-state index contributed by atoms with van der Waals surface area (Å²) in [5.41, 5.74) is 0. The Hall–Kier alpha value is -1.43. The summed E-state index contributed by atoms with van der Waals surface area (Å²) in [7, 11) is 0. The molecule has 1 aromatic rings. The van der Waals surface area contributed by atoms with E-state index in [0.717, 1.165) is 0 Å². The molecule has 1 fully saturated rings. The number of carboxylic acid groups (broad SMARTS) is 1. The van der Waals surface area contributed by atoms with Crippen LogP contribution in [-0.4, -0.2) is 22.0 Å². The number of nitrogens with one attached hydrogen (secondary N) is 1. The molecule has 0 aliphatic heterocycles. The molecule has 1 unspecified atom stereocenters. The second-order valence-electron chi connectivity index (χ2n) is 4.95. The normalized spacial score (nSPS) is 26.1. The summed E-state index contributed by atoms with van der Waals surface area (Å²) in [5, 5.41) is 11.9. The largest absolute Gasteiger partial charge is 0.481 e. The van der Waals surface area contributed by atoms with Crippen LogP contribution >= 0.6 is 15.9 Å². The molecule has 1 saturated carbocycles. The molecule has 0 radical (unpaired) electrons. The summed E-state index contributed by atoms with van der Waals surface area (Å²) in [6.07, 6.45) is 2.73. The molecule has 1 aliphatic rings. The minimum Gasteiger partial charge on any atom is -0.481 e. The van der Waals surface area contributed by atoms with Crippen LogP contribution in [0.2, 0.25) is 0 Å². The highest BCUT2D eigenvalue weighted by molar-refractivity contribution is 9.10. The van der Waals surface area contributed by atoms with Gasteiger partial charge in [0.25, 0.3) is 0 Å². The summed E-state index contributed by atoms with van der Waals surface area (Å²) in [6, 6.07) is 3.52. The summed E-state index contributed by atoms with van der Waals surface area (Å²) in [4.78, 5) is 27.4. The van der Waals surface area contributed by atoms with E-state index in [1.807, 2.05) is 6.92 Å². The van der Waals surface area contributed by atoms with Crippen LogP contribution < -0.4 is 5.32 Å². The van der Waals surface area contributed by atoms with Gasteiger partial charge in [0.1, 0.15) is 5.82 Å². The van der Waals surface area contributed by atoms with Crippen LogP contribution in [0.3, 0.4) is 0 Å². The second kappa shape index (κ2) is 5.69. The zero-order chi connectivity index (χ0) is 14.0. The highest BCUT2D eigenvalue weighted by Crippen LogP contribution is 2.37. The lowest BCUT2D eigenvalue weighted by atomic mass is 9.95. The molecule has 0 aromatic carbocycles. The van der Waals surface area contributed by atoms with E-state index in [0.29, 0.717) is 23.1 Å². The highest BCUT2D eigenvalue weighted by atomic mass is 79.9. The summed E-state index contributed by atoms with van der Waals surface area (Å²) >= 11 is 3.30. The van der Waals surface area contributed by atoms with Gasteiger partial charge in [-0.25, -0.2) is 4.98 Å². The predicted molar refractivity (Wildman–Crippen MR) is 73.6 cm³/mol. The molecule has 0 saturated heterocycles. The van der Waals surface area contributed by atoms with Crippen molar-refractivity contribution >= 4 is 33.6 Å². The van der Waals surface area contributed by atoms with Crippen LogP contribution in [0.4, 0.5) is 5.82 Å². The monoisotopic (exact) mass is 326 g/mol. The standard InChI is InChI=1S/C13H15BrN2O3/c1-7-5-8(9(6-7)13(18)19)12(17)16-11-10(14)3-2-4-15-11/h2-4,7-9H,5-6H2,1H3,(H,18,19)(H,15,16,17)/t7?,8-,9+/m0/s1. The number of pyridine rings is 1. The van der Waals surface area contributed by atoms with Gasteiger partial charge in [0.2, 0.25) is 5.91 Å². The summed E-state index contributed by atoms with van der Waals surface area (Å²) in [6.45, 7) is 1.97. The van der Waals surface area contributed by atoms with E-state index in [1.54, 1.807) is 18.3 Å². The number of anilines is 1. The molecule has 102 valence electrons. The molecule has 2 N–H and O–H groups in total. The van der Waals surface area contributed by atoms with Gasteiger partial charge in [-0.2, -0.15) is 0 Å². The predicted octanol–water partition coefficient (Wildman–Crippen LogP) is 2.53. The number of hydrogen-bond donors (Lipinski definition) is 2. The van der Waals surface area contributed by atoms with Crippen molar-refractivity contribution in [3.63, 3.8) is 0 Å². The van der Waals surface area contributed by atoms with Crippen LogP contribution in [0, 0.1) is 17.8 Å². The second-order valence-corrected chi connectivity index (χ2v) is 5.81. The molecule has 1 heterocycles. The number of carbonyl (C=O) groups excluding carboxylic acids is 1. The van der Waals surface area contributed by atoms with Crippen LogP contribution in [0.15, 0.2) is 22.8 Å². The first-order chi connectivity index (χ1) is 8.99. The zero-order valence-corrected chi connectivity index (χ0v) is 12.1. The van der Waals surface area contributed by atoms with Crippen molar-refractivity contribution in [2.45, 2.75) is 19.8 Å². The topological polar surface area (TPSA) is 79.3 Å². The molecule has 3 atom stereocenters. The molecular formula is C13H15BrN2O3. The maximum atomic E-state index is 12.2. The van der Waals surface area contributed by atoms with Gasteiger partial charge in [0.05, 0.1) is 16.3 Å². The van der Waals surface area contributed by atoms with E-state index in [-0.39, 0.29) is 11.8 Å². The first kappa shape index (κ1) is 14.0. The van der Waals surface area contributed by atoms with E-state index in [2.05, 4.69) is 26.2 Å². The van der Waals surface area contributed by atoms with Crippen molar-refractivity contribution < 1.29 is 14.7 Å². The van der Waals surface area contributed by atoms with Gasteiger partial charge < -0.3 is 10.4 Å². The highest BCUT2D eigenvalue weighted by Gasteiger charge is 2.41. The number of hydrogen-bond acceptors (Lipinski definition) is 3. The van der Waals surface area contributed by atoms with E-state index in [1.165, 1.54) is 0 Å². The molecule has 0 bridgehead atoms. The number of aliphatic carboxylic acids is 1. The van der Waals surface area contributed by atoms with Gasteiger partial charge >= 0.3 is 5.97 Å². The molecule has 1 amide bonds. The third-order valence-electron chi connectivity index (χ3n) is 3.45. The number of rotatable bonds is 3. The lowest BCUT2D eigenvalue weighted by Crippen LogP contribution is -2.30. The number of halogens is 1. The number of amides is 1. The third-order valence-corrected chi connectivity index (χ3v) is 4.09. The fourth-order valence-electron chi connectivity index (χ4n) is 2.54. The first-order valence-corrected chi connectivity index (χ1v) is 6.92. The maximum absolute atomic E-state index is 12.2. The molecule has 1 aromatic heterocycles. The van der Waals surface area contributed by atoms with Crippen molar-refractivity contribution in [3.05, 3.63) is 22.8 Å². The fraction of sp³-hybridized carbons (Fsp3) is 0.462. The minimum atomic E-state index is -0.899. The molecule has 5 nitrogen and oxygen atoms in total. The third kappa shape index (κ3) is 3.12. The van der Waals surface area contributed by atoms with Crippen molar-refractivity contribution in [3.8, 4) is 0 Å². The average Bonchev–Trinajstić information content (AvgIpc) is 2.74. The molecule has 1 aliphatic carbocycles. The molecular weight excluding hydrogens is 312 g/mol. The Kier molecular flexibility index (Phi) is 4.19. The number of carbonyl (C=O) groups is 2. The van der Waals surface area contributed by atoms with Gasteiger partial charge in [-0.05, 0) is 46.8 Å². The van der Waals surface area contributed by atoms with Gasteiger partial charge in [0.15, 0.2) is 0 Å². The minimum absolute atomic E-state index is 0.254. The van der Waals surface area contributed by atoms with Crippen molar-refractivity contribution in [1.29, 1.82) is 0 Å². The Bertz CT molecular complexity index is 506. The van der Waals surface area contributed by atoms with Gasteiger partial charge in [-0.3, -0.25) is 9.59 Å². The zero-order valence-electron chi connectivity index (χ0n) is 10.5. The van der Waals surface area contributed by atoms with Crippen LogP contribution in [-0.2, 0) is 9.59 Å². The number of aromatic nitrogens is 1.